The van der Waals surface area contributed by atoms with Gasteiger partial charge in [-0.05, 0) is 11.4 Å². The van der Waals surface area contributed by atoms with Crippen LogP contribution in [0.4, 0.5) is 0 Å². The smallest absolute Gasteiger partial charge is 0.254 e. The zero-order valence-electron chi connectivity index (χ0n) is 6.73. The summed E-state index contributed by atoms with van der Waals surface area (Å²) in [6.07, 6.45) is 1.38. The molecule has 0 aliphatic rings. The van der Waals surface area contributed by atoms with Gasteiger partial charge in [0, 0.05) is 4.88 Å². The maximum absolute atomic E-state index is 10.7. The number of hydrogen-bond donors (Lipinski definition) is 1. The lowest BCUT2D eigenvalue weighted by molar-refractivity contribution is -0.120. The number of nitrogens with one attached hydrogen (secondary N) is 1. The van der Waals surface area contributed by atoms with Crippen molar-refractivity contribution in [1.82, 2.24) is 5.43 Å². The predicted molar refractivity (Wildman–Crippen MR) is 50.3 cm³/mol. The summed E-state index contributed by atoms with van der Waals surface area (Å²) in [7, 11) is 0. The fourth-order valence-corrected chi connectivity index (χ4v) is 1.23. The van der Waals surface area contributed by atoms with E-state index in [2.05, 4.69) is 10.5 Å². The van der Waals surface area contributed by atoms with Crippen LogP contribution in [0.2, 0.25) is 0 Å². The molecule has 0 saturated carbocycles. The Hall–Kier alpha value is -1.67. The van der Waals surface area contributed by atoms with Crippen molar-refractivity contribution in [3.05, 3.63) is 22.4 Å². The first-order chi connectivity index (χ1) is 6.33. The van der Waals surface area contributed by atoms with Crippen molar-refractivity contribution in [3.8, 4) is 6.07 Å². The number of thiophene rings is 1. The van der Waals surface area contributed by atoms with Gasteiger partial charge in [0.05, 0.1) is 12.3 Å². The lowest BCUT2D eigenvalue weighted by atomic mass is 10.5. The highest BCUT2D eigenvalue weighted by molar-refractivity contribution is 7.11. The van der Waals surface area contributed by atoms with Crippen LogP contribution in [0.5, 0.6) is 0 Å². The minimum absolute atomic E-state index is 0.165. The molecule has 0 unspecified atom stereocenters. The SMILES string of the molecule is N#CCC(=O)NN=Cc1cccs1. The van der Waals surface area contributed by atoms with Gasteiger partial charge in [0.15, 0.2) is 0 Å². The number of carbonyl (C=O) groups is 1. The molecule has 4 nitrogen and oxygen atoms in total. The quantitative estimate of drug-likeness (QED) is 0.577. The van der Waals surface area contributed by atoms with E-state index in [1.54, 1.807) is 12.3 Å². The fraction of sp³-hybridized carbons (Fsp3) is 0.125. The van der Waals surface area contributed by atoms with Crippen molar-refractivity contribution in [2.75, 3.05) is 0 Å². The molecule has 0 fully saturated rings. The van der Waals surface area contributed by atoms with Gasteiger partial charge in [-0.15, -0.1) is 11.3 Å². The Bertz CT molecular complexity index is 337. The first-order valence-electron chi connectivity index (χ1n) is 3.55. The molecule has 66 valence electrons. The van der Waals surface area contributed by atoms with Crippen LogP contribution in [-0.4, -0.2) is 12.1 Å². The van der Waals surface area contributed by atoms with Crippen LogP contribution in [0.25, 0.3) is 0 Å². The molecule has 1 amide bonds. The molecule has 5 heteroatoms. The van der Waals surface area contributed by atoms with E-state index >= 15 is 0 Å². The van der Waals surface area contributed by atoms with Crippen molar-refractivity contribution in [1.29, 1.82) is 5.26 Å². The number of carbonyl (C=O) groups excluding carboxylic acids is 1. The van der Waals surface area contributed by atoms with E-state index in [0.29, 0.717) is 0 Å². The van der Waals surface area contributed by atoms with Gasteiger partial charge in [0.25, 0.3) is 5.91 Å². The molecule has 1 aromatic heterocycles. The fourth-order valence-electron chi connectivity index (χ4n) is 0.644. The van der Waals surface area contributed by atoms with Crippen LogP contribution in [0.15, 0.2) is 22.6 Å². The van der Waals surface area contributed by atoms with Crippen LogP contribution in [0.1, 0.15) is 11.3 Å². The summed E-state index contributed by atoms with van der Waals surface area (Å²) in [6, 6.07) is 5.50. The highest BCUT2D eigenvalue weighted by Crippen LogP contribution is 2.03. The number of hydrazone groups is 1. The normalized spacial score (nSPS) is 9.77. The molecule has 0 aliphatic heterocycles. The molecule has 0 spiro atoms. The summed E-state index contributed by atoms with van der Waals surface area (Å²) in [5.41, 5.74) is 2.24. The zero-order valence-corrected chi connectivity index (χ0v) is 7.54. The summed E-state index contributed by atoms with van der Waals surface area (Å²) in [6.45, 7) is 0. The maximum Gasteiger partial charge on any atom is 0.254 e. The van der Waals surface area contributed by atoms with Gasteiger partial charge in [0.2, 0.25) is 0 Å². The highest BCUT2D eigenvalue weighted by atomic mass is 32.1. The van der Waals surface area contributed by atoms with Crippen molar-refractivity contribution >= 4 is 23.5 Å². The molecule has 1 rings (SSSR count). The predicted octanol–water partition coefficient (Wildman–Crippen LogP) is 1.11. The largest absolute Gasteiger partial charge is 0.272 e. The Morgan fingerprint density at radius 3 is 3.31 bits per heavy atom. The number of nitriles is 1. The van der Waals surface area contributed by atoms with E-state index in [-0.39, 0.29) is 6.42 Å². The van der Waals surface area contributed by atoms with E-state index in [1.807, 2.05) is 17.5 Å². The molecule has 13 heavy (non-hydrogen) atoms. The van der Waals surface area contributed by atoms with Crippen LogP contribution in [0, 0.1) is 11.3 Å². The number of amides is 1. The van der Waals surface area contributed by atoms with Gasteiger partial charge in [0.1, 0.15) is 6.42 Å². The van der Waals surface area contributed by atoms with Gasteiger partial charge < -0.3 is 0 Å². The molecule has 0 aliphatic carbocycles. The van der Waals surface area contributed by atoms with E-state index < -0.39 is 5.91 Å². The monoisotopic (exact) mass is 193 g/mol. The van der Waals surface area contributed by atoms with Crippen LogP contribution >= 0.6 is 11.3 Å². The molecule has 1 heterocycles. The summed E-state index contributed by atoms with van der Waals surface area (Å²) in [5, 5.41) is 13.7. The van der Waals surface area contributed by atoms with E-state index in [9.17, 15) is 4.79 Å². The summed E-state index contributed by atoms with van der Waals surface area (Å²) >= 11 is 1.52. The van der Waals surface area contributed by atoms with Gasteiger partial charge in [-0.1, -0.05) is 6.07 Å². The third-order valence-electron chi connectivity index (χ3n) is 1.16. The first-order valence-corrected chi connectivity index (χ1v) is 4.43. The van der Waals surface area contributed by atoms with Gasteiger partial charge in [-0.3, -0.25) is 4.79 Å². The first kappa shape index (κ1) is 9.42. The Kier molecular flexibility index (Phi) is 3.67. The Labute approximate surface area is 79.5 Å². The van der Waals surface area contributed by atoms with Gasteiger partial charge >= 0.3 is 0 Å². The maximum atomic E-state index is 10.7. The zero-order chi connectivity index (χ0) is 9.52. The van der Waals surface area contributed by atoms with Crippen LogP contribution in [-0.2, 0) is 4.79 Å². The third-order valence-corrected chi connectivity index (χ3v) is 1.97. The number of rotatable bonds is 3. The Morgan fingerprint density at radius 1 is 1.85 bits per heavy atom. The Balaban J connectivity index is 2.35. The number of hydrogen-bond acceptors (Lipinski definition) is 4. The summed E-state index contributed by atoms with van der Waals surface area (Å²) in [4.78, 5) is 11.7. The molecule has 0 radical (unpaired) electrons. The summed E-state index contributed by atoms with van der Waals surface area (Å²) < 4.78 is 0. The topological polar surface area (TPSA) is 65.2 Å². The molecule has 1 N–H and O–H groups in total. The molecular weight excluding hydrogens is 186 g/mol. The average molecular weight is 193 g/mol. The second-order valence-electron chi connectivity index (χ2n) is 2.14. The van der Waals surface area contributed by atoms with Gasteiger partial charge in [-0.25, -0.2) is 5.43 Å². The molecular formula is C8H7N3OS. The lowest BCUT2D eigenvalue weighted by Gasteiger charge is -1.90. The van der Waals surface area contributed by atoms with E-state index in [0.717, 1.165) is 4.88 Å². The minimum atomic E-state index is -0.393. The van der Waals surface area contributed by atoms with Crippen molar-refractivity contribution in [2.24, 2.45) is 5.10 Å². The van der Waals surface area contributed by atoms with Crippen molar-refractivity contribution < 1.29 is 4.79 Å². The Morgan fingerprint density at radius 2 is 2.69 bits per heavy atom. The molecule has 0 atom stereocenters. The van der Waals surface area contributed by atoms with Crippen molar-refractivity contribution in [3.63, 3.8) is 0 Å². The average Bonchev–Trinajstić information content (AvgIpc) is 2.57. The second kappa shape index (κ2) is 5.06. The lowest BCUT2D eigenvalue weighted by Crippen LogP contribution is -2.15. The number of nitrogens with zero attached hydrogens (tertiary/aromatic N) is 2. The van der Waals surface area contributed by atoms with E-state index in [1.165, 1.54) is 11.3 Å². The van der Waals surface area contributed by atoms with Crippen LogP contribution in [0.3, 0.4) is 0 Å². The summed E-state index contributed by atoms with van der Waals surface area (Å²) in [5.74, 6) is -0.393. The molecule has 0 bridgehead atoms. The molecule has 0 saturated heterocycles. The van der Waals surface area contributed by atoms with Gasteiger partial charge in [-0.2, -0.15) is 10.4 Å². The van der Waals surface area contributed by atoms with Crippen LogP contribution < -0.4 is 5.43 Å². The highest BCUT2D eigenvalue weighted by Gasteiger charge is 1.95. The minimum Gasteiger partial charge on any atom is -0.272 e. The molecule has 1 aromatic rings. The van der Waals surface area contributed by atoms with E-state index in [4.69, 9.17) is 5.26 Å². The van der Waals surface area contributed by atoms with Crippen molar-refractivity contribution in [2.45, 2.75) is 6.42 Å². The third kappa shape index (κ3) is 3.49. The molecule has 0 aromatic carbocycles. The second-order valence-corrected chi connectivity index (χ2v) is 3.12. The standard InChI is InChI=1S/C8H7N3OS/c9-4-3-8(12)11-10-6-7-2-1-5-13-7/h1-2,5-6H,3H2,(H,11,12).